The van der Waals surface area contributed by atoms with Crippen molar-refractivity contribution >= 4 is 40.2 Å². The number of piperazine rings is 2. The number of fused-ring (bicyclic) bond motifs is 2. The van der Waals surface area contributed by atoms with Crippen molar-refractivity contribution in [2.75, 3.05) is 69.3 Å². The van der Waals surface area contributed by atoms with E-state index in [1.807, 2.05) is 51.6 Å². The van der Waals surface area contributed by atoms with Crippen molar-refractivity contribution in [3.63, 3.8) is 0 Å². The minimum atomic E-state index is -0.411. The van der Waals surface area contributed by atoms with E-state index in [1.54, 1.807) is 26.2 Å². The zero-order valence-electron chi connectivity index (χ0n) is 35.5. The lowest BCUT2D eigenvalue weighted by molar-refractivity contribution is 0.0600. The minimum absolute atomic E-state index is 0.325. The van der Waals surface area contributed by atoms with Crippen molar-refractivity contribution in [1.82, 2.24) is 48.0 Å². The fourth-order valence-corrected chi connectivity index (χ4v) is 8.16. The molecular formula is C44H50N12O6. The van der Waals surface area contributed by atoms with E-state index in [0.717, 1.165) is 89.7 Å². The van der Waals surface area contributed by atoms with E-state index in [1.165, 1.54) is 30.3 Å². The Labute approximate surface area is 355 Å². The van der Waals surface area contributed by atoms with Gasteiger partial charge in [0, 0.05) is 80.5 Å². The summed E-state index contributed by atoms with van der Waals surface area (Å²) in [7, 11) is 7.61. The summed E-state index contributed by atoms with van der Waals surface area (Å²) in [5, 5.41) is 6.67. The molecule has 0 saturated carbocycles. The number of ether oxygens (including phenoxy) is 1. The maximum Gasteiger partial charge on any atom is 0.337 e. The first-order valence-electron chi connectivity index (χ1n) is 20.5. The Kier molecular flexibility index (Phi) is 11.8. The summed E-state index contributed by atoms with van der Waals surface area (Å²) in [5.41, 5.74) is 4.80. The van der Waals surface area contributed by atoms with Gasteiger partial charge in [-0.3, -0.25) is 37.0 Å². The molecule has 0 bridgehead atoms. The number of hydrogen-bond donors (Lipinski definition) is 2. The lowest BCUT2D eigenvalue weighted by atomic mass is 10.00. The molecule has 62 heavy (non-hydrogen) atoms. The molecule has 0 spiro atoms. The van der Waals surface area contributed by atoms with Crippen LogP contribution in [-0.2, 0) is 46.0 Å². The molecule has 0 unspecified atom stereocenters. The van der Waals surface area contributed by atoms with Crippen LogP contribution in [0.25, 0.3) is 33.5 Å². The van der Waals surface area contributed by atoms with Gasteiger partial charge in [0.15, 0.2) is 22.3 Å². The fourth-order valence-electron chi connectivity index (χ4n) is 8.16. The van der Waals surface area contributed by atoms with Crippen LogP contribution in [0.3, 0.4) is 0 Å². The van der Waals surface area contributed by atoms with Gasteiger partial charge in [0.25, 0.3) is 11.1 Å². The van der Waals surface area contributed by atoms with Gasteiger partial charge in [0.2, 0.25) is 11.9 Å². The van der Waals surface area contributed by atoms with Crippen molar-refractivity contribution in [3.8, 4) is 11.1 Å². The largest absolute Gasteiger partial charge is 0.465 e. The summed E-state index contributed by atoms with van der Waals surface area (Å²) >= 11 is 0. The van der Waals surface area contributed by atoms with Crippen LogP contribution in [0.5, 0.6) is 0 Å². The van der Waals surface area contributed by atoms with E-state index in [0.29, 0.717) is 46.9 Å². The zero-order valence-corrected chi connectivity index (χ0v) is 35.5. The van der Waals surface area contributed by atoms with Gasteiger partial charge in [0.1, 0.15) is 0 Å². The number of anilines is 2. The summed E-state index contributed by atoms with van der Waals surface area (Å²) < 4.78 is 13.7. The van der Waals surface area contributed by atoms with Crippen molar-refractivity contribution in [3.05, 3.63) is 137 Å². The number of aryl methyl sites for hydroxylation is 2. The van der Waals surface area contributed by atoms with Gasteiger partial charge in [0.05, 0.1) is 25.8 Å². The molecular weight excluding hydrogens is 793 g/mol. The summed E-state index contributed by atoms with van der Waals surface area (Å²) in [4.78, 5) is 76.7. The Bertz CT molecular complexity index is 3020. The van der Waals surface area contributed by atoms with E-state index in [-0.39, 0.29) is 16.8 Å². The van der Waals surface area contributed by atoms with Crippen LogP contribution in [0.4, 0.5) is 11.9 Å². The second-order valence-corrected chi connectivity index (χ2v) is 15.4. The van der Waals surface area contributed by atoms with E-state index >= 15 is 0 Å². The first-order chi connectivity index (χ1) is 30.0. The number of nitrogens with zero attached hydrogens (tertiary/aromatic N) is 10. The predicted molar refractivity (Wildman–Crippen MR) is 238 cm³/mol. The Balaban J connectivity index is 0.000000171. The number of rotatable bonds is 8. The molecule has 0 radical (unpaired) electrons. The maximum atomic E-state index is 13.2. The molecule has 0 amide bonds. The maximum absolute atomic E-state index is 13.2. The van der Waals surface area contributed by atoms with Gasteiger partial charge in [-0.25, -0.2) is 14.4 Å². The molecule has 2 N–H and O–H groups in total. The monoisotopic (exact) mass is 842 g/mol. The highest BCUT2D eigenvalue weighted by Crippen LogP contribution is 2.28. The average molecular weight is 843 g/mol. The summed E-state index contributed by atoms with van der Waals surface area (Å²) in [5.74, 6) is 0.976. The highest BCUT2D eigenvalue weighted by molar-refractivity contribution is 5.89. The number of hydrogen-bond acceptors (Lipinski definition) is 12. The molecule has 0 atom stereocenters. The Morgan fingerprint density at radius 3 is 1.56 bits per heavy atom. The normalized spacial score (nSPS) is 14.3. The Morgan fingerprint density at radius 2 is 1.06 bits per heavy atom. The second-order valence-electron chi connectivity index (χ2n) is 15.4. The second kappa shape index (κ2) is 17.5. The standard InChI is InChI=1S/C24H26N6O2.C20H24N6O4/c1-27-21-20(22(31)28(2)24(27)32)30(23(26-21)29-14-12-25-13-15-29)16-18-10-6-7-11-19(18)17-8-4-3-5-9-17;1-23-16-15(17(27)24(2)20(23)29)26(19(22-16)25-10-8-21-9-11-25)12-13-4-6-14(7-5-13)18(28)30-3/h3-11,25H,12-16H2,1-2H3;4-7,21H,8-12H2,1-3H3. The molecule has 0 aliphatic carbocycles. The van der Waals surface area contributed by atoms with Gasteiger partial charge < -0.3 is 25.2 Å². The quantitative estimate of drug-likeness (QED) is 0.210. The average Bonchev–Trinajstić information content (AvgIpc) is 3.89. The molecule has 2 aliphatic heterocycles. The fraction of sp³-hybridized carbons (Fsp3) is 0.341. The highest BCUT2D eigenvalue weighted by Gasteiger charge is 2.26. The topological polar surface area (TPSA) is 180 Å². The first kappa shape index (κ1) is 41.7. The third kappa shape index (κ3) is 7.73. The molecule has 9 rings (SSSR count). The number of methoxy groups -OCH3 is 1. The van der Waals surface area contributed by atoms with E-state index in [4.69, 9.17) is 14.7 Å². The lowest BCUT2D eigenvalue weighted by Crippen LogP contribution is -2.44. The molecule has 4 aromatic heterocycles. The number of benzene rings is 3. The SMILES string of the molecule is COC(=O)c1ccc(Cn2c(N3CCNCC3)nc3c2c(=O)n(C)c(=O)n3C)cc1.Cn1c(=O)c2c(nc(N3CCNCC3)n2Cc2ccccc2-c2ccccc2)n(C)c1=O. The lowest BCUT2D eigenvalue weighted by Gasteiger charge is -2.29. The van der Waals surface area contributed by atoms with Crippen LogP contribution in [0.2, 0.25) is 0 Å². The summed E-state index contributed by atoms with van der Waals surface area (Å²) in [6.07, 6.45) is 0. The van der Waals surface area contributed by atoms with Crippen LogP contribution in [-0.4, -0.2) is 103 Å². The first-order valence-corrected chi connectivity index (χ1v) is 20.5. The predicted octanol–water partition coefficient (Wildman–Crippen LogP) is 1.24. The number of carbonyl (C=O) groups is 1. The van der Waals surface area contributed by atoms with Gasteiger partial charge in [-0.2, -0.15) is 9.97 Å². The van der Waals surface area contributed by atoms with Crippen LogP contribution in [0.15, 0.2) is 98.0 Å². The number of nitrogens with one attached hydrogen (secondary N) is 2. The molecule has 2 fully saturated rings. The van der Waals surface area contributed by atoms with Gasteiger partial charge in [-0.05, 0) is 34.4 Å². The van der Waals surface area contributed by atoms with E-state index < -0.39 is 11.7 Å². The van der Waals surface area contributed by atoms with Gasteiger partial charge >= 0.3 is 17.3 Å². The van der Waals surface area contributed by atoms with Crippen LogP contribution < -0.4 is 42.9 Å². The number of esters is 1. The number of aromatic nitrogens is 8. The minimum Gasteiger partial charge on any atom is -0.465 e. The third-order valence-corrected chi connectivity index (χ3v) is 11.6. The molecule has 2 aliphatic rings. The van der Waals surface area contributed by atoms with E-state index in [9.17, 15) is 24.0 Å². The molecule has 7 aromatic rings. The Hall–Kier alpha value is -7.05. The van der Waals surface area contributed by atoms with Gasteiger partial charge in [-0.15, -0.1) is 0 Å². The van der Waals surface area contributed by atoms with Crippen molar-refractivity contribution in [2.24, 2.45) is 28.2 Å². The van der Waals surface area contributed by atoms with Crippen molar-refractivity contribution in [2.45, 2.75) is 13.1 Å². The third-order valence-electron chi connectivity index (χ3n) is 11.6. The molecule has 322 valence electrons. The number of imidazole rings is 2. The number of carbonyl (C=O) groups excluding carboxylic acids is 1. The zero-order chi connectivity index (χ0) is 43.7. The Morgan fingerprint density at radius 1 is 0.597 bits per heavy atom. The smallest absolute Gasteiger partial charge is 0.337 e. The molecule has 6 heterocycles. The van der Waals surface area contributed by atoms with Crippen LogP contribution in [0, 0.1) is 0 Å². The highest BCUT2D eigenvalue weighted by atomic mass is 16.5. The molecule has 18 heteroatoms. The summed E-state index contributed by atoms with van der Waals surface area (Å²) in [6.45, 7) is 7.26. The van der Waals surface area contributed by atoms with Crippen LogP contribution in [0.1, 0.15) is 21.5 Å². The molecule has 18 nitrogen and oxygen atoms in total. The van der Waals surface area contributed by atoms with Crippen molar-refractivity contribution in [1.29, 1.82) is 0 Å². The van der Waals surface area contributed by atoms with Crippen LogP contribution >= 0.6 is 0 Å². The molecule has 3 aromatic carbocycles. The van der Waals surface area contributed by atoms with E-state index in [2.05, 4.69) is 44.7 Å². The van der Waals surface area contributed by atoms with Crippen molar-refractivity contribution < 1.29 is 9.53 Å². The molecule has 2 saturated heterocycles. The van der Waals surface area contributed by atoms with Gasteiger partial charge in [-0.1, -0.05) is 66.7 Å². The summed E-state index contributed by atoms with van der Waals surface area (Å²) in [6, 6.07) is 25.5.